The Bertz CT molecular complexity index is 674. The number of nitrogens with zero attached hydrogens (tertiary/aromatic N) is 3. The van der Waals surface area contributed by atoms with Crippen molar-refractivity contribution < 1.29 is 14.3 Å². The minimum absolute atomic E-state index is 0.0300. The summed E-state index contributed by atoms with van der Waals surface area (Å²) in [5.41, 5.74) is 0.509. The van der Waals surface area contributed by atoms with Gasteiger partial charge in [-0.25, -0.2) is 4.98 Å². The minimum atomic E-state index is -0.0300. The van der Waals surface area contributed by atoms with E-state index in [0.717, 1.165) is 38.8 Å². The first-order valence-electron chi connectivity index (χ1n) is 9.26. The molecule has 4 aliphatic rings. The quantitative estimate of drug-likeness (QED) is 0.842. The molecule has 134 valence electrons. The summed E-state index contributed by atoms with van der Waals surface area (Å²) in [5, 5.41) is 0. The molecule has 25 heavy (non-hydrogen) atoms. The number of hydrogen-bond donors (Lipinski definition) is 0. The van der Waals surface area contributed by atoms with Crippen LogP contribution in [0, 0.1) is 11.8 Å². The number of pyridine rings is 1. The molecule has 0 spiro atoms. The van der Waals surface area contributed by atoms with E-state index < -0.39 is 0 Å². The fourth-order valence-electron chi connectivity index (χ4n) is 4.29. The number of hydrogen-bond acceptors (Lipinski definition) is 4. The van der Waals surface area contributed by atoms with E-state index in [2.05, 4.69) is 4.98 Å². The van der Waals surface area contributed by atoms with Gasteiger partial charge >= 0.3 is 0 Å². The monoisotopic (exact) mass is 343 g/mol. The number of methoxy groups -OCH3 is 1. The molecular formula is C19H25N3O3. The molecule has 6 nitrogen and oxygen atoms in total. The highest BCUT2D eigenvalue weighted by molar-refractivity contribution is 5.96. The fourth-order valence-corrected chi connectivity index (χ4v) is 4.29. The van der Waals surface area contributed by atoms with Gasteiger partial charge in [-0.3, -0.25) is 9.59 Å². The van der Waals surface area contributed by atoms with Gasteiger partial charge in [0.1, 0.15) is 5.56 Å². The molecule has 0 N–H and O–H groups in total. The van der Waals surface area contributed by atoms with E-state index in [9.17, 15) is 9.59 Å². The van der Waals surface area contributed by atoms with Crippen LogP contribution in [0.3, 0.4) is 0 Å². The second kappa shape index (κ2) is 6.65. The van der Waals surface area contributed by atoms with Crippen molar-refractivity contribution in [2.24, 2.45) is 11.8 Å². The van der Waals surface area contributed by atoms with Crippen molar-refractivity contribution in [3.8, 4) is 5.88 Å². The van der Waals surface area contributed by atoms with Crippen LogP contribution in [0.15, 0.2) is 18.3 Å². The Balaban J connectivity index is 1.54. The number of fused-ring (bicyclic) bond motifs is 4. The predicted molar refractivity (Wildman–Crippen MR) is 92.3 cm³/mol. The van der Waals surface area contributed by atoms with Crippen molar-refractivity contribution in [3.63, 3.8) is 0 Å². The van der Waals surface area contributed by atoms with E-state index in [4.69, 9.17) is 4.74 Å². The third-order valence-electron chi connectivity index (χ3n) is 5.94. The number of aromatic nitrogens is 1. The van der Waals surface area contributed by atoms with Gasteiger partial charge in [0.2, 0.25) is 11.8 Å². The van der Waals surface area contributed by atoms with Gasteiger partial charge in [-0.05, 0) is 43.7 Å². The van der Waals surface area contributed by atoms with Gasteiger partial charge in [-0.2, -0.15) is 0 Å². The summed E-state index contributed by atoms with van der Waals surface area (Å²) in [6.45, 7) is 2.18. The predicted octanol–water partition coefficient (Wildman–Crippen LogP) is 1.95. The summed E-state index contributed by atoms with van der Waals surface area (Å²) in [4.78, 5) is 33.9. The summed E-state index contributed by atoms with van der Waals surface area (Å²) < 4.78 is 5.26. The Hall–Kier alpha value is -2.11. The lowest BCUT2D eigenvalue weighted by Crippen LogP contribution is -2.48. The van der Waals surface area contributed by atoms with Crippen LogP contribution < -0.4 is 4.74 Å². The number of rotatable bonds is 3. The first kappa shape index (κ1) is 16.4. The summed E-state index contributed by atoms with van der Waals surface area (Å²) in [7, 11) is 1.53. The molecule has 4 heterocycles. The summed E-state index contributed by atoms with van der Waals surface area (Å²) >= 11 is 0. The van der Waals surface area contributed by atoms with Gasteiger partial charge in [0.15, 0.2) is 0 Å². The number of amides is 2. The zero-order chi connectivity index (χ0) is 17.4. The lowest BCUT2D eigenvalue weighted by atomic mass is 9.84. The Morgan fingerprint density at radius 1 is 1.16 bits per heavy atom. The Kier molecular flexibility index (Phi) is 4.36. The molecule has 4 fully saturated rings. The number of ether oxygens (including phenoxy) is 1. The Labute approximate surface area is 148 Å². The molecule has 5 rings (SSSR count). The molecular weight excluding hydrogens is 318 g/mol. The SMILES string of the molecule is COc1ncccc1C(=O)N1C[C@H]2CC[C@@H]1CN(C(=O)C1CCC1)C2. The van der Waals surface area contributed by atoms with Crippen molar-refractivity contribution in [2.45, 2.75) is 38.1 Å². The smallest absolute Gasteiger partial charge is 0.259 e. The van der Waals surface area contributed by atoms with Crippen LogP contribution >= 0.6 is 0 Å². The third kappa shape index (κ3) is 2.98. The van der Waals surface area contributed by atoms with Gasteiger partial charge < -0.3 is 14.5 Å². The molecule has 1 aromatic rings. The van der Waals surface area contributed by atoms with Crippen molar-refractivity contribution in [2.75, 3.05) is 26.7 Å². The van der Waals surface area contributed by atoms with Gasteiger partial charge in [0.25, 0.3) is 5.91 Å². The average molecular weight is 343 g/mol. The van der Waals surface area contributed by atoms with Crippen molar-refractivity contribution >= 4 is 11.8 Å². The second-order valence-electron chi connectivity index (χ2n) is 7.49. The van der Waals surface area contributed by atoms with Crippen LogP contribution in [0.4, 0.5) is 0 Å². The summed E-state index contributed by atoms with van der Waals surface area (Å²) in [6, 6.07) is 3.63. The lowest BCUT2D eigenvalue weighted by Gasteiger charge is -2.36. The van der Waals surface area contributed by atoms with Crippen molar-refractivity contribution in [1.29, 1.82) is 0 Å². The molecule has 3 saturated heterocycles. The van der Waals surface area contributed by atoms with Crippen LogP contribution in [-0.2, 0) is 4.79 Å². The molecule has 0 aromatic carbocycles. The van der Waals surface area contributed by atoms with E-state index >= 15 is 0 Å². The Morgan fingerprint density at radius 2 is 2.00 bits per heavy atom. The van der Waals surface area contributed by atoms with Crippen molar-refractivity contribution in [1.82, 2.24) is 14.8 Å². The number of piperidine rings is 1. The lowest BCUT2D eigenvalue weighted by molar-refractivity contribution is -0.138. The summed E-state index contributed by atoms with van der Waals surface area (Å²) in [6.07, 6.45) is 6.91. The van der Waals surface area contributed by atoms with E-state index in [-0.39, 0.29) is 17.9 Å². The normalized spacial score (nSPS) is 26.1. The molecule has 2 bridgehead atoms. The van der Waals surface area contributed by atoms with E-state index in [0.29, 0.717) is 29.8 Å². The maximum atomic E-state index is 13.1. The first-order chi connectivity index (χ1) is 12.2. The van der Waals surface area contributed by atoms with Crippen LogP contribution in [0.5, 0.6) is 5.88 Å². The zero-order valence-corrected chi connectivity index (χ0v) is 14.7. The molecule has 6 heteroatoms. The van der Waals surface area contributed by atoms with Gasteiger partial charge in [0.05, 0.1) is 7.11 Å². The molecule has 2 amide bonds. The van der Waals surface area contributed by atoms with E-state index in [1.54, 1.807) is 18.3 Å². The second-order valence-corrected chi connectivity index (χ2v) is 7.49. The topological polar surface area (TPSA) is 62.7 Å². The Morgan fingerprint density at radius 3 is 2.72 bits per heavy atom. The highest BCUT2D eigenvalue weighted by Crippen LogP contribution is 2.34. The zero-order valence-electron chi connectivity index (χ0n) is 14.7. The third-order valence-corrected chi connectivity index (χ3v) is 5.94. The molecule has 3 aliphatic heterocycles. The number of carbonyl (C=O) groups is 2. The summed E-state index contributed by atoms with van der Waals surface area (Å²) in [5.74, 6) is 1.23. The molecule has 1 aliphatic carbocycles. The molecule has 1 saturated carbocycles. The van der Waals surface area contributed by atoms with Crippen LogP contribution in [0.2, 0.25) is 0 Å². The van der Waals surface area contributed by atoms with Crippen LogP contribution in [0.1, 0.15) is 42.5 Å². The van der Waals surface area contributed by atoms with Crippen molar-refractivity contribution in [3.05, 3.63) is 23.9 Å². The van der Waals surface area contributed by atoms with E-state index in [1.165, 1.54) is 13.5 Å². The molecule has 0 radical (unpaired) electrons. The fraction of sp³-hybridized carbons (Fsp3) is 0.632. The molecule has 1 aromatic heterocycles. The van der Waals surface area contributed by atoms with E-state index in [1.807, 2.05) is 9.80 Å². The van der Waals surface area contributed by atoms with Crippen LogP contribution in [0.25, 0.3) is 0 Å². The standard InChI is InChI=1S/C19H25N3O3/c1-25-17-16(6-3-9-20-17)19(24)22-11-13-7-8-15(22)12-21(10-13)18(23)14-4-2-5-14/h3,6,9,13-15H,2,4-5,7-8,10-12H2,1H3/t13-,15+/m0/s1. The maximum Gasteiger partial charge on any atom is 0.259 e. The van der Waals surface area contributed by atoms with Gasteiger partial charge in [-0.15, -0.1) is 0 Å². The first-order valence-corrected chi connectivity index (χ1v) is 9.26. The van der Waals surface area contributed by atoms with Gasteiger partial charge in [0, 0.05) is 37.8 Å². The maximum absolute atomic E-state index is 13.1. The minimum Gasteiger partial charge on any atom is -0.480 e. The molecule has 2 atom stereocenters. The largest absolute Gasteiger partial charge is 0.480 e. The highest BCUT2D eigenvalue weighted by atomic mass is 16.5. The van der Waals surface area contributed by atoms with Gasteiger partial charge in [-0.1, -0.05) is 6.42 Å². The molecule has 0 unspecified atom stereocenters. The highest BCUT2D eigenvalue weighted by Gasteiger charge is 2.41. The van der Waals surface area contributed by atoms with Crippen LogP contribution in [-0.4, -0.2) is 59.4 Å². The number of carbonyl (C=O) groups excluding carboxylic acids is 2. The average Bonchev–Trinajstić information content (AvgIpc) is 2.91.